The van der Waals surface area contributed by atoms with E-state index in [0.717, 1.165) is 33.8 Å². The second-order valence-electron chi connectivity index (χ2n) is 8.76. The molecule has 1 atom stereocenters. The molecule has 0 aliphatic carbocycles. The number of amides is 2. The fourth-order valence-electron chi connectivity index (χ4n) is 3.61. The molecular formula is C24H28N4O2S. The van der Waals surface area contributed by atoms with Gasteiger partial charge in [-0.25, -0.2) is 0 Å². The van der Waals surface area contributed by atoms with Gasteiger partial charge in [0.2, 0.25) is 5.91 Å². The molecule has 1 N–H and O–H groups in total. The number of nitrogens with zero attached hydrogens (tertiary/aromatic N) is 3. The van der Waals surface area contributed by atoms with Crippen LogP contribution in [0.2, 0.25) is 0 Å². The van der Waals surface area contributed by atoms with Gasteiger partial charge in [0.25, 0.3) is 5.91 Å². The highest BCUT2D eigenvalue weighted by molar-refractivity contribution is 7.03. The summed E-state index contributed by atoms with van der Waals surface area (Å²) in [5, 5.41) is 8.66. The molecule has 0 unspecified atom stereocenters. The van der Waals surface area contributed by atoms with Gasteiger partial charge in [-0.05, 0) is 69.8 Å². The minimum atomic E-state index is -0.867. The van der Waals surface area contributed by atoms with Crippen LogP contribution < -0.4 is 10.2 Å². The number of aromatic nitrogens is 2. The van der Waals surface area contributed by atoms with E-state index in [9.17, 15) is 9.59 Å². The maximum absolute atomic E-state index is 13.7. The first kappa shape index (κ1) is 22.6. The summed E-state index contributed by atoms with van der Waals surface area (Å²) >= 11 is 1.11. The Hall–Kier alpha value is -3.06. The fourth-order valence-corrected chi connectivity index (χ4v) is 4.04. The van der Waals surface area contributed by atoms with E-state index in [2.05, 4.69) is 14.9 Å². The molecule has 2 aromatic carbocycles. The predicted octanol–water partition coefficient (Wildman–Crippen LogP) is 4.77. The van der Waals surface area contributed by atoms with E-state index in [1.165, 1.54) is 0 Å². The second kappa shape index (κ2) is 8.98. The van der Waals surface area contributed by atoms with Crippen molar-refractivity contribution >= 4 is 29.0 Å². The zero-order chi connectivity index (χ0) is 22.8. The number of anilines is 1. The van der Waals surface area contributed by atoms with Crippen LogP contribution in [0, 0.1) is 20.8 Å². The molecule has 7 heteroatoms. The van der Waals surface area contributed by atoms with Crippen LogP contribution in [-0.4, -0.2) is 26.9 Å². The zero-order valence-electron chi connectivity index (χ0n) is 18.8. The van der Waals surface area contributed by atoms with E-state index in [0.29, 0.717) is 5.69 Å². The molecule has 0 saturated carbocycles. The van der Waals surface area contributed by atoms with Crippen LogP contribution in [0.15, 0.2) is 47.8 Å². The first-order valence-electron chi connectivity index (χ1n) is 10.1. The van der Waals surface area contributed by atoms with Gasteiger partial charge in [-0.2, -0.15) is 0 Å². The van der Waals surface area contributed by atoms with Crippen LogP contribution in [0.5, 0.6) is 0 Å². The van der Waals surface area contributed by atoms with Gasteiger partial charge in [0.1, 0.15) is 6.04 Å². The smallest absolute Gasteiger partial charge is 0.280 e. The third-order valence-corrected chi connectivity index (χ3v) is 5.35. The van der Waals surface area contributed by atoms with E-state index in [4.69, 9.17) is 0 Å². The van der Waals surface area contributed by atoms with Crippen molar-refractivity contribution in [3.8, 4) is 0 Å². The highest BCUT2D eigenvalue weighted by Crippen LogP contribution is 2.35. The van der Waals surface area contributed by atoms with Crippen molar-refractivity contribution in [3.05, 3.63) is 75.8 Å². The van der Waals surface area contributed by atoms with Crippen LogP contribution in [0.1, 0.15) is 59.6 Å². The number of benzene rings is 2. The molecule has 0 fully saturated rings. The molecule has 31 heavy (non-hydrogen) atoms. The van der Waals surface area contributed by atoms with Crippen molar-refractivity contribution < 1.29 is 9.59 Å². The van der Waals surface area contributed by atoms with Gasteiger partial charge >= 0.3 is 0 Å². The lowest BCUT2D eigenvalue weighted by molar-refractivity contribution is -0.123. The van der Waals surface area contributed by atoms with Gasteiger partial charge in [-0.1, -0.05) is 52.5 Å². The first-order chi connectivity index (χ1) is 14.6. The molecule has 3 rings (SSSR count). The van der Waals surface area contributed by atoms with Crippen LogP contribution in [0.4, 0.5) is 5.69 Å². The number of hydrogen-bond acceptors (Lipinski definition) is 5. The molecule has 0 radical (unpaired) electrons. The van der Waals surface area contributed by atoms with Crippen molar-refractivity contribution in [2.45, 2.75) is 53.1 Å². The van der Waals surface area contributed by atoms with Gasteiger partial charge in [-0.15, -0.1) is 5.10 Å². The Morgan fingerprint density at radius 3 is 2.23 bits per heavy atom. The van der Waals surface area contributed by atoms with E-state index >= 15 is 0 Å². The highest BCUT2D eigenvalue weighted by Gasteiger charge is 2.37. The van der Waals surface area contributed by atoms with Crippen molar-refractivity contribution in [2.75, 3.05) is 4.90 Å². The molecule has 6 nitrogen and oxygen atoms in total. The monoisotopic (exact) mass is 436 g/mol. The lowest BCUT2D eigenvalue weighted by atomic mass is 9.97. The molecule has 3 aromatic rings. The Morgan fingerprint density at radius 1 is 1.03 bits per heavy atom. The lowest BCUT2D eigenvalue weighted by Gasteiger charge is -2.35. The minimum Gasteiger partial charge on any atom is -0.349 e. The molecule has 162 valence electrons. The van der Waals surface area contributed by atoms with E-state index in [1.807, 2.05) is 84.0 Å². The van der Waals surface area contributed by atoms with E-state index < -0.39 is 11.6 Å². The van der Waals surface area contributed by atoms with E-state index in [1.54, 1.807) is 10.3 Å². The normalized spacial score (nSPS) is 12.3. The maximum Gasteiger partial charge on any atom is 0.280 e. The molecule has 0 bridgehead atoms. The Kier molecular flexibility index (Phi) is 6.55. The number of carbonyl (C=O) groups is 2. The average Bonchev–Trinajstić information content (AvgIpc) is 3.20. The quantitative estimate of drug-likeness (QED) is 0.625. The van der Waals surface area contributed by atoms with Crippen molar-refractivity contribution in [3.63, 3.8) is 0 Å². The summed E-state index contributed by atoms with van der Waals surface area (Å²) in [5.41, 5.74) is 4.01. The SMILES string of the molecule is Cc1cccc([C@H](C(=O)NC(C)(C)C)N(C(=O)c2csnn2)c2c(C)cccc2C)c1. The van der Waals surface area contributed by atoms with Crippen LogP contribution in [-0.2, 0) is 4.79 Å². The summed E-state index contributed by atoms with van der Waals surface area (Å²) < 4.78 is 3.86. The van der Waals surface area contributed by atoms with Crippen LogP contribution in [0.3, 0.4) is 0 Å². The molecule has 2 amide bonds. The predicted molar refractivity (Wildman–Crippen MR) is 124 cm³/mol. The maximum atomic E-state index is 13.7. The molecule has 1 aromatic heterocycles. The average molecular weight is 437 g/mol. The Morgan fingerprint density at radius 2 is 1.68 bits per heavy atom. The molecule has 0 saturated heterocycles. The molecule has 0 aliphatic rings. The third-order valence-electron chi connectivity index (χ3n) is 4.84. The van der Waals surface area contributed by atoms with Gasteiger partial charge in [-0.3, -0.25) is 14.5 Å². The van der Waals surface area contributed by atoms with Gasteiger partial charge < -0.3 is 5.32 Å². The summed E-state index contributed by atoms with van der Waals surface area (Å²) in [6.07, 6.45) is 0. The number of rotatable bonds is 5. The Labute approximate surface area is 187 Å². The standard InChI is InChI=1S/C24H28N4O2S/c1-15-9-7-12-18(13-15)21(22(29)25-24(4,5)6)28(23(30)19-14-31-27-26-19)20-16(2)10-8-11-17(20)3/h7-14,21H,1-6H3,(H,25,29)/t21-/m1/s1. The molecule has 0 spiro atoms. The Bertz CT molecular complexity index is 1070. The van der Waals surface area contributed by atoms with Gasteiger partial charge in [0, 0.05) is 10.9 Å². The largest absolute Gasteiger partial charge is 0.349 e. The number of para-hydroxylation sites is 1. The number of carbonyl (C=O) groups excluding carboxylic acids is 2. The third kappa shape index (κ3) is 5.17. The second-order valence-corrected chi connectivity index (χ2v) is 9.37. The number of hydrogen-bond donors (Lipinski definition) is 1. The Balaban J connectivity index is 2.26. The van der Waals surface area contributed by atoms with Crippen molar-refractivity contribution in [1.82, 2.24) is 14.9 Å². The summed E-state index contributed by atoms with van der Waals surface area (Å²) in [6, 6.07) is 12.7. The van der Waals surface area contributed by atoms with Crippen LogP contribution in [0.25, 0.3) is 0 Å². The number of nitrogens with one attached hydrogen (secondary N) is 1. The molecule has 0 aliphatic heterocycles. The van der Waals surface area contributed by atoms with Crippen molar-refractivity contribution in [1.29, 1.82) is 0 Å². The zero-order valence-corrected chi connectivity index (χ0v) is 19.6. The van der Waals surface area contributed by atoms with Crippen LogP contribution >= 0.6 is 11.5 Å². The number of aryl methyl sites for hydroxylation is 3. The molecular weight excluding hydrogens is 408 g/mol. The summed E-state index contributed by atoms with van der Waals surface area (Å²) in [4.78, 5) is 28.9. The topological polar surface area (TPSA) is 75.2 Å². The lowest BCUT2D eigenvalue weighted by Crippen LogP contribution is -2.50. The highest BCUT2D eigenvalue weighted by atomic mass is 32.1. The van der Waals surface area contributed by atoms with E-state index in [-0.39, 0.29) is 17.5 Å². The van der Waals surface area contributed by atoms with Gasteiger partial charge in [0.15, 0.2) is 5.69 Å². The van der Waals surface area contributed by atoms with Gasteiger partial charge in [0.05, 0.1) is 5.69 Å². The minimum absolute atomic E-state index is 0.217. The summed E-state index contributed by atoms with van der Waals surface area (Å²) in [5.74, 6) is -0.612. The molecule has 1 heterocycles. The summed E-state index contributed by atoms with van der Waals surface area (Å²) in [7, 11) is 0. The van der Waals surface area contributed by atoms with Crippen molar-refractivity contribution in [2.24, 2.45) is 0 Å². The first-order valence-corrected chi connectivity index (χ1v) is 11.0. The summed E-state index contributed by atoms with van der Waals surface area (Å²) in [6.45, 7) is 11.6. The fraction of sp³-hybridized carbons (Fsp3) is 0.333.